The topological polar surface area (TPSA) is 46.2 Å². The van der Waals surface area contributed by atoms with Gasteiger partial charge in [0, 0.05) is 16.3 Å². The molecule has 0 unspecified atom stereocenters. The molecule has 0 saturated heterocycles. The van der Waals surface area contributed by atoms with Crippen molar-refractivity contribution < 1.29 is 8.42 Å². The van der Waals surface area contributed by atoms with Gasteiger partial charge in [-0.1, -0.05) is 30.3 Å². The summed E-state index contributed by atoms with van der Waals surface area (Å²) in [5.41, 5.74) is 1.16. The monoisotopic (exact) mass is 267 g/mol. The normalized spacial score (nSPS) is 11.6. The Morgan fingerprint density at radius 1 is 1.12 bits per heavy atom. The SMILES string of the molecule is CS(=O)(=O)NCc1ccc(-c2ccccc2)s1. The molecule has 0 bridgehead atoms. The van der Waals surface area contributed by atoms with Crippen LogP contribution in [0, 0.1) is 0 Å². The molecule has 0 amide bonds. The smallest absolute Gasteiger partial charge is 0.209 e. The van der Waals surface area contributed by atoms with Crippen LogP contribution < -0.4 is 4.72 Å². The van der Waals surface area contributed by atoms with E-state index < -0.39 is 10.0 Å². The highest BCUT2D eigenvalue weighted by atomic mass is 32.2. The first-order valence-corrected chi connectivity index (χ1v) is 7.84. The predicted octanol–water partition coefficient (Wildman–Crippen LogP) is 2.46. The van der Waals surface area contributed by atoms with Crippen LogP contribution in [0.15, 0.2) is 42.5 Å². The highest BCUT2D eigenvalue weighted by Crippen LogP contribution is 2.27. The van der Waals surface area contributed by atoms with Gasteiger partial charge < -0.3 is 0 Å². The van der Waals surface area contributed by atoms with Gasteiger partial charge in [0.05, 0.1) is 6.26 Å². The molecule has 0 spiro atoms. The van der Waals surface area contributed by atoms with Crippen LogP contribution in [0.25, 0.3) is 10.4 Å². The summed E-state index contributed by atoms with van der Waals surface area (Å²) in [6.07, 6.45) is 1.17. The maximum atomic E-state index is 11.0. The van der Waals surface area contributed by atoms with Crippen LogP contribution in [0.1, 0.15) is 4.88 Å². The van der Waals surface area contributed by atoms with Crippen molar-refractivity contribution in [3.05, 3.63) is 47.3 Å². The van der Waals surface area contributed by atoms with Crippen molar-refractivity contribution in [2.75, 3.05) is 6.26 Å². The first-order valence-electron chi connectivity index (χ1n) is 5.13. The second-order valence-electron chi connectivity index (χ2n) is 3.73. The lowest BCUT2D eigenvalue weighted by atomic mass is 10.2. The molecule has 1 heterocycles. The summed E-state index contributed by atoms with van der Waals surface area (Å²) in [5.74, 6) is 0. The fourth-order valence-corrected chi connectivity index (χ4v) is 2.89. The van der Waals surface area contributed by atoms with E-state index in [0.717, 1.165) is 15.3 Å². The maximum Gasteiger partial charge on any atom is 0.209 e. The minimum atomic E-state index is -3.12. The lowest BCUT2D eigenvalue weighted by molar-refractivity contribution is 0.588. The van der Waals surface area contributed by atoms with Gasteiger partial charge in [0.1, 0.15) is 0 Å². The van der Waals surface area contributed by atoms with Gasteiger partial charge in [-0.3, -0.25) is 0 Å². The minimum Gasteiger partial charge on any atom is -0.213 e. The minimum absolute atomic E-state index is 0.357. The Kier molecular flexibility index (Phi) is 3.61. The van der Waals surface area contributed by atoms with E-state index in [1.165, 1.54) is 6.26 Å². The van der Waals surface area contributed by atoms with Crippen LogP contribution in [0.5, 0.6) is 0 Å². The van der Waals surface area contributed by atoms with Gasteiger partial charge >= 0.3 is 0 Å². The van der Waals surface area contributed by atoms with Crippen molar-refractivity contribution in [2.24, 2.45) is 0 Å². The Morgan fingerprint density at radius 3 is 2.47 bits per heavy atom. The van der Waals surface area contributed by atoms with Crippen molar-refractivity contribution in [3.8, 4) is 10.4 Å². The molecule has 0 aliphatic carbocycles. The molecule has 3 nitrogen and oxygen atoms in total. The van der Waals surface area contributed by atoms with Gasteiger partial charge in [-0.15, -0.1) is 11.3 Å². The molecule has 0 radical (unpaired) electrons. The van der Waals surface area contributed by atoms with E-state index in [1.807, 2.05) is 42.5 Å². The second kappa shape index (κ2) is 5.00. The van der Waals surface area contributed by atoms with Gasteiger partial charge in [-0.2, -0.15) is 0 Å². The standard InChI is InChI=1S/C12H13NO2S2/c1-17(14,15)13-9-11-7-8-12(16-11)10-5-3-2-4-6-10/h2-8,13H,9H2,1H3. The van der Waals surface area contributed by atoms with Gasteiger partial charge in [-0.25, -0.2) is 13.1 Å². The first-order chi connectivity index (χ1) is 8.04. The summed E-state index contributed by atoms with van der Waals surface area (Å²) in [6, 6.07) is 14.0. The van der Waals surface area contributed by atoms with E-state index in [-0.39, 0.29) is 0 Å². The summed E-state index contributed by atoms with van der Waals surface area (Å²) in [6.45, 7) is 0.357. The van der Waals surface area contributed by atoms with E-state index in [4.69, 9.17) is 0 Å². The van der Waals surface area contributed by atoms with Crippen LogP contribution in [0.3, 0.4) is 0 Å². The van der Waals surface area contributed by atoms with Crippen molar-refractivity contribution in [3.63, 3.8) is 0 Å². The van der Waals surface area contributed by atoms with Crippen molar-refractivity contribution in [1.82, 2.24) is 4.72 Å². The van der Waals surface area contributed by atoms with E-state index in [1.54, 1.807) is 11.3 Å². The average Bonchev–Trinajstić information content (AvgIpc) is 2.75. The molecule has 0 aliphatic heterocycles. The van der Waals surface area contributed by atoms with Crippen LogP contribution >= 0.6 is 11.3 Å². The van der Waals surface area contributed by atoms with E-state index in [9.17, 15) is 8.42 Å². The third kappa shape index (κ3) is 3.66. The van der Waals surface area contributed by atoms with Gasteiger partial charge in [0.25, 0.3) is 0 Å². The molecule has 1 N–H and O–H groups in total. The van der Waals surface area contributed by atoms with Crippen LogP contribution in [-0.2, 0) is 16.6 Å². The number of benzene rings is 1. The Balaban J connectivity index is 2.12. The van der Waals surface area contributed by atoms with Crippen molar-refractivity contribution in [2.45, 2.75) is 6.54 Å². The average molecular weight is 267 g/mol. The number of thiophene rings is 1. The van der Waals surface area contributed by atoms with Crippen LogP contribution in [0.2, 0.25) is 0 Å². The molecule has 0 atom stereocenters. The molecule has 2 rings (SSSR count). The number of rotatable bonds is 4. The lowest BCUT2D eigenvalue weighted by Gasteiger charge is -1.98. The summed E-state index contributed by atoms with van der Waals surface area (Å²) < 4.78 is 24.4. The van der Waals surface area contributed by atoms with Gasteiger partial charge in [0.15, 0.2) is 0 Å². The molecule has 0 saturated carbocycles. The first kappa shape index (κ1) is 12.3. The molecule has 1 aromatic carbocycles. The number of nitrogens with one attached hydrogen (secondary N) is 1. The zero-order valence-corrected chi connectivity index (χ0v) is 11.0. The molecule has 90 valence electrons. The Hall–Kier alpha value is -1.17. The number of hydrogen-bond acceptors (Lipinski definition) is 3. The van der Waals surface area contributed by atoms with E-state index in [2.05, 4.69) is 4.72 Å². The summed E-state index contributed by atoms with van der Waals surface area (Å²) in [7, 11) is -3.12. The van der Waals surface area contributed by atoms with E-state index >= 15 is 0 Å². The fourth-order valence-electron chi connectivity index (χ4n) is 1.43. The summed E-state index contributed by atoms with van der Waals surface area (Å²) in [5, 5.41) is 0. The highest BCUT2D eigenvalue weighted by Gasteiger charge is 2.05. The Morgan fingerprint density at radius 2 is 1.82 bits per heavy atom. The largest absolute Gasteiger partial charge is 0.213 e. The molecule has 17 heavy (non-hydrogen) atoms. The number of sulfonamides is 1. The van der Waals surface area contributed by atoms with Crippen LogP contribution in [-0.4, -0.2) is 14.7 Å². The zero-order chi connectivity index (χ0) is 12.3. The quantitative estimate of drug-likeness (QED) is 0.925. The van der Waals surface area contributed by atoms with E-state index in [0.29, 0.717) is 6.54 Å². The summed E-state index contributed by atoms with van der Waals surface area (Å²) in [4.78, 5) is 2.16. The van der Waals surface area contributed by atoms with Gasteiger partial charge in [-0.05, 0) is 17.7 Å². The molecule has 0 aliphatic rings. The number of hydrogen-bond donors (Lipinski definition) is 1. The molecule has 2 aromatic rings. The molecular weight excluding hydrogens is 254 g/mol. The summed E-state index contributed by atoms with van der Waals surface area (Å²) >= 11 is 1.60. The Labute approximate surface area is 105 Å². The fraction of sp³-hybridized carbons (Fsp3) is 0.167. The van der Waals surface area contributed by atoms with Gasteiger partial charge in [0.2, 0.25) is 10.0 Å². The Bertz CT molecular complexity index is 588. The third-order valence-electron chi connectivity index (χ3n) is 2.23. The molecule has 1 aromatic heterocycles. The maximum absolute atomic E-state index is 11.0. The second-order valence-corrected chi connectivity index (χ2v) is 6.73. The van der Waals surface area contributed by atoms with Crippen LogP contribution in [0.4, 0.5) is 0 Å². The van der Waals surface area contributed by atoms with Crippen molar-refractivity contribution in [1.29, 1.82) is 0 Å². The van der Waals surface area contributed by atoms with Crippen molar-refractivity contribution >= 4 is 21.4 Å². The molecule has 5 heteroatoms. The lowest BCUT2D eigenvalue weighted by Crippen LogP contribution is -2.20. The highest BCUT2D eigenvalue weighted by molar-refractivity contribution is 7.88. The molecule has 0 fully saturated rings. The molecular formula is C12H13NO2S2. The third-order valence-corrected chi connectivity index (χ3v) is 4.03. The predicted molar refractivity (Wildman–Crippen MR) is 71.4 cm³/mol. The zero-order valence-electron chi connectivity index (χ0n) is 9.38.